The molecular formula is C16H26IN3O. The summed E-state index contributed by atoms with van der Waals surface area (Å²) in [4.78, 5) is 4.28. The number of nitrogens with one attached hydrogen (secondary N) is 2. The molecule has 0 aliphatic carbocycles. The summed E-state index contributed by atoms with van der Waals surface area (Å²) in [5.41, 5.74) is 1.30. The molecule has 1 atom stereocenters. The molecule has 0 aromatic heterocycles. The third-order valence-corrected chi connectivity index (χ3v) is 3.32. The number of rotatable bonds is 2. The molecule has 0 saturated carbocycles. The molecule has 2 rings (SSSR count). The van der Waals surface area contributed by atoms with Crippen molar-refractivity contribution in [2.24, 2.45) is 4.99 Å². The zero-order valence-corrected chi connectivity index (χ0v) is 15.6. The molecule has 118 valence electrons. The van der Waals surface area contributed by atoms with Crippen LogP contribution in [-0.4, -0.2) is 31.7 Å². The van der Waals surface area contributed by atoms with Crippen molar-refractivity contribution in [3.05, 3.63) is 29.8 Å². The number of hydrogen-bond donors (Lipinski definition) is 2. The normalized spacial score (nSPS) is 18.1. The molecule has 1 unspecified atom stereocenters. The molecule has 0 spiro atoms. The van der Waals surface area contributed by atoms with Gasteiger partial charge in [0.15, 0.2) is 5.96 Å². The van der Waals surface area contributed by atoms with Gasteiger partial charge in [0, 0.05) is 25.0 Å². The lowest BCUT2D eigenvalue weighted by Gasteiger charge is -2.28. The predicted octanol–water partition coefficient (Wildman–Crippen LogP) is 3.13. The maximum Gasteiger partial charge on any atom is 0.191 e. The Morgan fingerprint density at radius 2 is 2.05 bits per heavy atom. The molecule has 0 bridgehead atoms. The van der Waals surface area contributed by atoms with Gasteiger partial charge in [-0.25, -0.2) is 0 Å². The maximum absolute atomic E-state index is 5.69. The van der Waals surface area contributed by atoms with Crippen molar-refractivity contribution in [2.75, 3.05) is 20.2 Å². The summed E-state index contributed by atoms with van der Waals surface area (Å²) in [6.45, 7) is 8.04. The number of guanidine groups is 1. The summed E-state index contributed by atoms with van der Waals surface area (Å²) in [6.07, 6.45) is 1.04. The van der Waals surface area contributed by atoms with Gasteiger partial charge in [-0.05, 0) is 38.8 Å². The lowest BCUT2D eigenvalue weighted by atomic mass is 9.93. The first-order chi connectivity index (χ1) is 9.49. The van der Waals surface area contributed by atoms with Crippen LogP contribution in [0.25, 0.3) is 0 Å². The van der Waals surface area contributed by atoms with Crippen molar-refractivity contribution in [3.63, 3.8) is 0 Å². The average Bonchev–Trinajstić information content (AvgIpc) is 2.42. The monoisotopic (exact) mass is 403 g/mol. The van der Waals surface area contributed by atoms with Gasteiger partial charge >= 0.3 is 0 Å². The summed E-state index contributed by atoms with van der Waals surface area (Å²) in [6, 6.07) is 8.29. The number of ether oxygens (including phenoxy) is 1. The van der Waals surface area contributed by atoms with Crippen LogP contribution in [0, 0.1) is 0 Å². The molecule has 4 nitrogen and oxygen atoms in total. The summed E-state index contributed by atoms with van der Waals surface area (Å²) >= 11 is 0. The predicted molar refractivity (Wildman–Crippen MR) is 99.0 cm³/mol. The fourth-order valence-corrected chi connectivity index (χ4v) is 2.38. The molecular weight excluding hydrogens is 377 g/mol. The highest BCUT2D eigenvalue weighted by atomic mass is 127. The minimum atomic E-state index is 0. The van der Waals surface area contributed by atoms with Crippen LogP contribution < -0.4 is 15.4 Å². The molecule has 0 fully saturated rings. The van der Waals surface area contributed by atoms with Gasteiger partial charge in [-0.2, -0.15) is 0 Å². The lowest BCUT2D eigenvalue weighted by molar-refractivity contribution is 0.267. The number of halogens is 1. The van der Waals surface area contributed by atoms with Crippen molar-refractivity contribution in [1.82, 2.24) is 10.6 Å². The second kappa shape index (κ2) is 7.87. The van der Waals surface area contributed by atoms with Crippen LogP contribution in [0.2, 0.25) is 0 Å². The van der Waals surface area contributed by atoms with Gasteiger partial charge in [0.25, 0.3) is 0 Å². The van der Waals surface area contributed by atoms with E-state index in [0.717, 1.165) is 31.3 Å². The van der Waals surface area contributed by atoms with E-state index in [1.807, 2.05) is 12.1 Å². The van der Waals surface area contributed by atoms with Crippen LogP contribution in [0.15, 0.2) is 29.3 Å². The number of para-hydroxylation sites is 1. The minimum Gasteiger partial charge on any atom is -0.493 e. The van der Waals surface area contributed by atoms with Crippen molar-refractivity contribution in [3.8, 4) is 5.75 Å². The molecule has 1 heterocycles. The molecule has 1 aliphatic heterocycles. The summed E-state index contributed by atoms with van der Waals surface area (Å²) in [5, 5.41) is 6.80. The molecule has 21 heavy (non-hydrogen) atoms. The smallest absolute Gasteiger partial charge is 0.191 e. The SMILES string of the molecule is CN=C(NCC1CCOc2ccccc21)NC(C)(C)C.I. The van der Waals surface area contributed by atoms with E-state index in [9.17, 15) is 0 Å². The Labute approximate surface area is 144 Å². The van der Waals surface area contributed by atoms with Gasteiger partial charge in [-0.15, -0.1) is 24.0 Å². The Kier molecular flexibility index (Phi) is 6.77. The first-order valence-electron chi connectivity index (χ1n) is 7.20. The van der Waals surface area contributed by atoms with Gasteiger partial charge in [0.2, 0.25) is 0 Å². The van der Waals surface area contributed by atoms with Crippen LogP contribution >= 0.6 is 24.0 Å². The van der Waals surface area contributed by atoms with E-state index in [1.54, 1.807) is 7.05 Å². The van der Waals surface area contributed by atoms with Gasteiger partial charge in [0.1, 0.15) is 5.75 Å². The molecule has 0 saturated heterocycles. The molecule has 0 radical (unpaired) electrons. The van der Waals surface area contributed by atoms with Crippen LogP contribution in [-0.2, 0) is 0 Å². The Balaban J connectivity index is 0.00000220. The van der Waals surface area contributed by atoms with E-state index in [4.69, 9.17) is 4.74 Å². The first-order valence-corrected chi connectivity index (χ1v) is 7.20. The standard InChI is InChI=1S/C16H25N3O.HI/c1-16(2,3)19-15(17-4)18-11-12-9-10-20-14-8-6-5-7-13(12)14;/h5-8,12H,9-11H2,1-4H3,(H2,17,18,19);1H. The van der Waals surface area contributed by atoms with Gasteiger partial charge in [-0.1, -0.05) is 18.2 Å². The topological polar surface area (TPSA) is 45.7 Å². The van der Waals surface area contributed by atoms with E-state index >= 15 is 0 Å². The quantitative estimate of drug-likeness (QED) is 0.453. The van der Waals surface area contributed by atoms with Crippen molar-refractivity contribution in [1.29, 1.82) is 0 Å². The van der Waals surface area contributed by atoms with E-state index in [0.29, 0.717) is 5.92 Å². The Morgan fingerprint density at radius 3 is 2.71 bits per heavy atom. The number of fused-ring (bicyclic) bond motifs is 1. The van der Waals surface area contributed by atoms with Crippen LogP contribution in [0.1, 0.15) is 38.7 Å². The zero-order valence-electron chi connectivity index (χ0n) is 13.3. The van der Waals surface area contributed by atoms with Crippen LogP contribution in [0.5, 0.6) is 5.75 Å². The fraction of sp³-hybridized carbons (Fsp3) is 0.562. The molecule has 1 aromatic carbocycles. The van der Waals surface area contributed by atoms with Crippen LogP contribution in [0.4, 0.5) is 0 Å². The van der Waals surface area contributed by atoms with Gasteiger partial charge in [0.05, 0.1) is 6.61 Å². The summed E-state index contributed by atoms with van der Waals surface area (Å²) < 4.78 is 5.69. The molecule has 0 amide bonds. The highest BCUT2D eigenvalue weighted by molar-refractivity contribution is 14.0. The highest BCUT2D eigenvalue weighted by Crippen LogP contribution is 2.32. The highest BCUT2D eigenvalue weighted by Gasteiger charge is 2.21. The van der Waals surface area contributed by atoms with Gasteiger partial charge < -0.3 is 15.4 Å². The molecule has 5 heteroatoms. The second-order valence-electron chi connectivity index (χ2n) is 6.20. The number of nitrogens with zero attached hydrogens (tertiary/aromatic N) is 1. The number of aliphatic imine (C=N–C) groups is 1. The largest absolute Gasteiger partial charge is 0.493 e. The second-order valence-corrected chi connectivity index (χ2v) is 6.20. The number of hydrogen-bond acceptors (Lipinski definition) is 2. The van der Waals surface area contributed by atoms with Gasteiger partial charge in [-0.3, -0.25) is 4.99 Å². The van der Waals surface area contributed by atoms with E-state index < -0.39 is 0 Å². The zero-order chi connectivity index (χ0) is 14.6. The fourth-order valence-electron chi connectivity index (χ4n) is 2.38. The lowest BCUT2D eigenvalue weighted by Crippen LogP contribution is -2.48. The van der Waals surface area contributed by atoms with Crippen molar-refractivity contribution in [2.45, 2.75) is 38.6 Å². The van der Waals surface area contributed by atoms with Crippen LogP contribution in [0.3, 0.4) is 0 Å². The van der Waals surface area contributed by atoms with E-state index in [2.05, 4.69) is 48.5 Å². The maximum atomic E-state index is 5.69. The van der Waals surface area contributed by atoms with Crippen molar-refractivity contribution >= 4 is 29.9 Å². The Bertz CT molecular complexity index is 483. The number of benzene rings is 1. The summed E-state index contributed by atoms with van der Waals surface area (Å²) in [5.74, 6) is 2.34. The third kappa shape index (κ3) is 5.37. The first kappa shape index (κ1) is 18.1. The Morgan fingerprint density at radius 1 is 1.33 bits per heavy atom. The third-order valence-electron chi connectivity index (χ3n) is 3.32. The minimum absolute atomic E-state index is 0. The van der Waals surface area contributed by atoms with E-state index in [-0.39, 0.29) is 29.5 Å². The molecule has 1 aromatic rings. The van der Waals surface area contributed by atoms with E-state index in [1.165, 1.54) is 5.56 Å². The molecule has 1 aliphatic rings. The molecule has 2 N–H and O–H groups in total. The average molecular weight is 403 g/mol. The Hall–Kier alpha value is -0.980. The van der Waals surface area contributed by atoms with Crippen molar-refractivity contribution < 1.29 is 4.74 Å². The summed E-state index contributed by atoms with van der Waals surface area (Å²) in [7, 11) is 1.80.